The summed E-state index contributed by atoms with van der Waals surface area (Å²) in [6.07, 6.45) is 1.87. The monoisotopic (exact) mass is 361 g/mol. The molecule has 0 aliphatic heterocycles. The molecule has 0 aliphatic rings. The fraction of sp³-hybridized carbons (Fsp3) is 0.350. The molecule has 4 nitrogen and oxygen atoms in total. The molecule has 0 aromatic heterocycles. The molecule has 25 heavy (non-hydrogen) atoms. The summed E-state index contributed by atoms with van der Waals surface area (Å²) in [6, 6.07) is 15.0. The Bertz CT molecular complexity index is 656. The van der Waals surface area contributed by atoms with Crippen molar-refractivity contribution in [3.63, 3.8) is 0 Å². The van der Waals surface area contributed by atoms with Crippen LogP contribution in [0.1, 0.15) is 25.3 Å². The van der Waals surface area contributed by atoms with E-state index >= 15 is 0 Å². The molecule has 0 saturated heterocycles. The van der Waals surface area contributed by atoms with Crippen LogP contribution in [0.4, 0.5) is 0 Å². The Kier molecular flexibility index (Phi) is 7.61. The normalized spacial score (nSPS) is 11.6. The summed E-state index contributed by atoms with van der Waals surface area (Å²) in [5.41, 5.74) is 1.21. The number of benzene rings is 2. The molecule has 0 fully saturated rings. The van der Waals surface area contributed by atoms with E-state index in [0.717, 1.165) is 23.6 Å². The van der Waals surface area contributed by atoms with Gasteiger partial charge in [-0.25, -0.2) is 0 Å². The third kappa shape index (κ3) is 6.31. The Hall–Kier alpha value is -2.20. The number of ether oxygens (including phenoxy) is 2. The molecule has 0 aliphatic carbocycles. The highest BCUT2D eigenvalue weighted by molar-refractivity contribution is 6.30. The Labute approximate surface area is 154 Å². The van der Waals surface area contributed by atoms with Gasteiger partial charge in [0.15, 0.2) is 6.10 Å². The van der Waals surface area contributed by atoms with E-state index in [4.69, 9.17) is 21.1 Å². The predicted molar refractivity (Wildman–Crippen MR) is 100 cm³/mol. The minimum absolute atomic E-state index is 0.0885. The lowest BCUT2D eigenvalue weighted by Gasteiger charge is -2.17. The molecule has 134 valence electrons. The van der Waals surface area contributed by atoms with Gasteiger partial charge in [0.2, 0.25) is 0 Å². The third-order valence-corrected chi connectivity index (χ3v) is 4.11. The molecule has 1 amide bonds. The average Bonchev–Trinajstić information content (AvgIpc) is 2.65. The van der Waals surface area contributed by atoms with Crippen LogP contribution in [0.5, 0.6) is 11.5 Å². The summed E-state index contributed by atoms with van der Waals surface area (Å²) in [6.45, 7) is 2.55. The average molecular weight is 362 g/mol. The lowest BCUT2D eigenvalue weighted by molar-refractivity contribution is -0.128. The largest absolute Gasteiger partial charge is 0.497 e. The Balaban J connectivity index is 1.75. The van der Waals surface area contributed by atoms with Crippen molar-refractivity contribution in [1.82, 2.24) is 5.32 Å². The van der Waals surface area contributed by atoms with Gasteiger partial charge in [0.25, 0.3) is 5.91 Å². The highest BCUT2D eigenvalue weighted by atomic mass is 35.5. The van der Waals surface area contributed by atoms with Gasteiger partial charge in [0, 0.05) is 11.6 Å². The van der Waals surface area contributed by atoms with Crippen molar-refractivity contribution in [1.29, 1.82) is 0 Å². The predicted octanol–water partition coefficient (Wildman–Crippen LogP) is 4.26. The smallest absolute Gasteiger partial charge is 0.261 e. The number of halogens is 1. The van der Waals surface area contributed by atoms with Gasteiger partial charge < -0.3 is 14.8 Å². The van der Waals surface area contributed by atoms with Crippen LogP contribution in [0.25, 0.3) is 0 Å². The highest BCUT2D eigenvalue weighted by Crippen LogP contribution is 2.19. The van der Waals surface area contributed by atoms with E-state index in [2.05, 4.69) is 5.32 Å². The van der Waals surface area contributed by atoms with Crippen LogP contribution >= 0.6 is 11.6 Å². The first-order valence-electron chi connectivity index (χ1n) is 8.45. The summed E-state index contributed by atoms with van der Waals surface area (Å²) in [7, 11) is 1.61. The van der Waals surface area contributed by atoms with Crippen LogP contribution < -0.4 is 14.8 Å². The summed E-state index contributed by atoms with van der Waals surface area (Å²) < 4.78 is 10.9. The first kappa shape index (κ1) is 19.1. The molecule has 2 aromatic carbocycles. The number of amides is 1. The second-order valence-corrected chi connectivity index (χ2v) is 6.15. The molecule has 0 spiro atoms. The number of nitrogens with one attached hydrogen (secondary N) is 1. The molecule has 0 radical (unpaired) electrons. The highest BCUT2D eigenvalue weighted by Gasteiger charge is 2.17. The summed E-state index contributed by atoms with van der Waals surface area (Å²) in [4.78, 5) is 12.3. The summed E-state index contributed by atoms with van der Waals surface area (Å²) in [5.74, 6) is 1.32. The van der Waals surface area contributed by atoms with Gasteiger partial charge in [-0.3, -0.25) is 4.79 Å². The van der Waals surface area contributed by atoms with Gasteiger partial charge in [0.05, 0.1) is 7.11 Å². The number of carbonyl (C=O) groups excluding carboxylic acids is 1. The molecule has 2 rings (SSSR count). The molecule has 0 heterocycles. The van der Waals surface area contributed by atoms with Crippen LogP contribution in [0, 0.1) is 0 Å². The zero-order chi connectivity index (χ0) is 18.1. The van der Waals surface area contributed by atoms with Crippen LogP contribution in [0.15, 0.2) is 48.5 Å². The summed E-state index contributed by atoms with van der Waals surface area (Å²) in [5, 5.41) is 3.68. The minimum Gasteiger partial charge on any atom is -0.497 e. The fourth-order valence-electron chi connectivity index (χ4n) is 2.41. The lowest BCUT2D eigenvalue weighted by atomic mass is 10.1. The molecular weight excluding hydrogens is 338 g/mol. The SMILES string of the molecule is CC[C@H](Oc1ccc(OC)cc1)C(=O)NCCCc1ccc(Cl)cc1. The lowest BCUT2D eigenvalue weighted by Crippen LogP contribution is -2.38. The number of rotatable bonds is 9. The minimum atomic E-state index is -0.496. The summed E-state index contributed by atoms with van der Waals surface area (Å²) >= 11 is 5.87. The molecule has 2 aromatic rings. The van der Waals surface area contributed by atoms with Gasteiger partial charge >= 0.3 is 0 Å². The molecule has 5 heteroatoms. The Morgan fingerprint density at radius 2 is 1.72 bits per heavy atom. The van der Waals surface area contributed by atoms with Crippen LogP contribution in [0.3, 0.4) is 0 Å². The van der Waals surface area contributed by atoms with E-state index in [-0.39, 0.29) is 5.91 Å². The quantitative estimate of drug-likeness (QED) is 0.679. The maximum atomic E-state index is 12.3. The fourth-order valence-corrected chi connectivity index (χ4v) is 2.54. The van der Waals surface area contributed by atoms with Gasteiger partial charge in [-0.2, -0.15) is 0 Å². The molecule has 0 unspecified atom stereocenters. The zero-order valence-corrected chi connectivity index (χ0v) is 15.4. The van der Waals surface area contributed by atoms with Gasteiger partial charge in [-0.1, -0.05) is 30.7 Å². The molecule has 1 N–H and O–H groups in total. The van der Waals surface area contributed by atoms with Crippen LogP contribution in [0.2, 0.25) is 5.02 Å². The number of methoxy groups -OCH3 is 1. The van der Waals surface area contributed by atoms with Crippen molar-refractivity contribution in [2.75, 3.05) is 13.7 Å². The van der Waals surface area contributed by atoms with E-state index < -0.39 is 6.10 Å². The van der Waals surface area contributed by atoms with E-state index in [0.29, 0.717) is 18.7 Å². The topological polar surface area (TPSA) is 47.6 Å². The van der Waals surface area contributed by atoms with E-state index in [9.17, 15) is 4.79 Å². The second-order valence-electron chi connectivity index (χ2n) is 5.71. The second kappa shape index (κ2) is 9.94. The Morgan fingerprint density at radius 1 is 1.08 bits per heavy atom. The number of hydrogen-bond donors (Lipinski definition) is 1. The van der Waals surface area contributed by atoms with Crippen molar-refractivity contribution in [2.45, 2.75) is 32.3 Å². The van der Waals surface area contributed by atoms with Crippen molar-refractivity contribution >= 4 is 17.5 Å². The standard InChI is InChI=1S/C20H24ClNO3/c1-3-19(25-18-12-10-17(24-2)11-13-18)20(23)22-14-4-5-15-6-8-16(21)9-7-15/h6-13,19H,3-5,14H2,1-2H3,(H,22,23)/t19-/m0/s1. The van der Waals surface area contributed by atoms with Gasteiger partial charge in [0.1, 0.15) is 11.5 Å². The number of hydrogen-bond acceptors (Lipinski definition) is 3. The number of carbonyl (C=O) groups is 1. The number of aryl methyl sites for hydroxylation is 1. The van der Waals surface area contributed by atoms with Gasteiger partial charge in [-0.15, -0.1) is 0 Å². The first-order chi connectivity index (χ1) is 12.1. The maximum Gasteiger partial charge on any atom is 0.261 e. The van der Waals surface area contributed by atoms with Crippen LogP contribution in [-0.4, -0.2) is 25.7 Å². The van der Waals surface area contributed by atoms with E-state index in [1.807, 2.05) is 43.3 Å². The zero-order valence-electron chi connectivity index (χ0n) is 14.6. The van der Waals surface area contributed by atoms with E-state index in [1.165, 1.54) is 5.56 Å². The van der Waals surface area contributed by atoms with E-state index in [1.54, 1.807) is 19.2 Å². The maximum absolute atomic E-state index is 12.3. The first-order valence-corrected chi connectivity index (χ1v) is 8.83. The van der Waals surface area contributed by atoms with Gasteiger partial charge in [-0.05, 0) is 61.2 Å². The third-order valence-electron chi connectivity index (χ3n) is 3.86. The van der Waals surface area contributed by atoms with Crippen LogP contribution in [-0.2, 0) is 11.2 Å². The van der Waals surface area contributed by atoms with Crippen molar-refractivity contribution in [3.05, 3.63) is 59.1 Å². The molecule has 0 saturated carbocycles. The Morgan fingerprint density at radius 3 is 2.32 bits per heavy atom. The molecule has 1 atom stereocenters. The molecule has 0 bridgehead atoms. The van der Waals surface area contributed by atoms with Crippen molar-refractivity contribution in [3.8, 4) is 11.5 Å². The van der Waals surface area contributed by atoms with Crippen molar-refractivity contribution < 1.29 is 14.3 Å². The van der Waals surface area contributed by atoms with Crippen molar-refractivity contribution in [2.24, 2.45) is 0 Å². The molecular formula is C20H24ClNO3.